The van der Waals surface area contributed by atoms with Crippen LogP contribution in [0.25, 0.3) is 11.5 Å². The molecule has 0 bridgehead atoms. The Labute approximate surface area is 139 Å². The van der Waals surface area contributed by atoms with Crippen LogP contribution in [0.4, 0.5) is 0 Å². The van der Waals surface area contributed by atoms with Crippen molar-refractivity contribution in [3.63, 3.8) is 0 Å². The number of carboxylic acids is 1. The molecule has 126 valence electrons. The third kappa shape index (κ3) is 3.48. The molecular formula is C18H20N2O4. The Morgan fingerprint density at radius 2 is 1.96 bits per heavy atom. The first-order valence-corrected chi connectivity index (χ1v) is 8.10. The summed E-state index contributed by atoms with van der Waals surface area (Å²) in [6.45, 7) is 1.79. The summed E-state index contributed by atoms with van der Waals surface area (Å²) in [6, 6.07) is 7.15. The van der Waals surface area contributed by atoms with Gasteiger partial charge < -0.3 is 14.8 Å². The lowest BCUT2D eigenvalue weighted by atomic mass is 9.86. The van der Waals surface area contributed by atoms with Gasteiger partial charge in [-0.05, 0) is 56.9 Å². The molecule has 0 saturated heterocycles. The number of carboxylic acid groups (broad SMARTS) is 1. The smallest absolute Gasteiger partial charge is 0.306 e. The van der Waals surface area contributed by atoms with Gasteiger partial charge in [-0.3, -0.25) is 9.59 Å². The summed E-state index contributed by atoms with van der Waals surface area (Å²) >= 11 is 0. The average Bonchev–Trinajstić information content (AvgIpc) is 3.09. The van der Waals surface area contributed by atoms with E-state index >= 15 is 0 Å². The number of hydrogen-bond donors (Lipinski definition) is 2. The molecule has 1 amide bonds. The van der Waals surface area contributed by atoms with Gasteiger partial charge in [0.15, 0.2) is 5.76 Å². The van der Waals surface area contributed by atoms with Gasteiger partial charge in [0.25, 0.3) is 5.91 Å². The fraction of sp³-hybridized carbons (Fsp3) is 0.389. The van der Waals surface area contributed by atoms with Gasteiger partial charge in [-0.25, -0.2) is 4.98 Å². The number of carbonyl (C=O) groups excluding carboxylic acids is 1. The number of aliphatic carboxylic acids is 1. The lowest BCUT2D eigenvalue weighted by molar-refractivity contribution is -0.142. The number of pyridine rings is 1. The summed E-state index contributed by atoms with van der Waals surface area (Å²) in [5.74, 6) is -0.524. The second-order valence-corrected chi connectivity index (χ2v) is 6.17. The zero-order valence-corrected chi connectivity index (χ0v) is 13.5. The van der Waals surface area contributed by atoms with E-state index in [0.717, 1.165) is 0 Å². The standard InChI is InChI=1S/C18H20N2O4/c1-11-14(8-9-15(19-11)16-3-2-10-24-16)17(21)20-13-6-4-12(5-7-13)18(22)23/h2-3,8-10,12-13H,4-7H2,1H3,(H,20,21)(H,22,23). The Hall–Kier alpha value is -2.63. The maximum Gasteiger partial charge on any atom is 0.306 e. The van der Waals surface area contributed by atoms with E-state index in [0.29, 0.717) is 48.4 Å². The van der Waals surface area contributed by atoms with Crippen molar-refractivity contribution in [3.8, 4) is 11.5 Å². The van der Waals surface area contributed by atoms with E-state index in [1.54, 1.807) is 31.4 Å². The quantitative estimate of drug-likeness (QED) is 0.900. The van der Waals surface area contributed by atoms with Crippen LogP contribution in [-0.2, 0) is 4.79 Å². The first-order chi connectivity index (χ1) is 11.5. The minimum Gasteiger partial charge on any atom is -0.481 e. The van der Waals surface area contributed by atoms with Crippen LogP contribution >= 0.6 is 0 Å². The van der Waals surface area contributed by atoms with Gasteiger partial charge in [-0.1, -0.05) is 0 Å². The van der Waals surface area contributed by atoms with Gasteiger partial charge in [0.2, 0.25) is 0 Å². The fourth-order valence-electron chi connectivity index (χ4n) is 3.11. The summed E-state index contributed by atoms with van der Waals surface area (Å²) in [5.41, 5.74) is 1.86. The number of rotatable bonds is 4. The highest BCUT2D eigenvalue weighted by Crippen LogP contribution is 2.25. The predicted octanol–water partition coefficient (Wildman–Crippen LogP) is 3.02. The molecule has 6 heteroatoms. The van der Waals surface area contributed by atoms with Gasteiger partial charge >= 0.3 is 5.97 Å². The molecule has 0 radical (unpaired) electrons. The summed E-state index contributed by atoms with van der Waals surface area (Å²) in [7, 11) is 0. The second-order valence-electron chi connectivity index (χ2n) is 6.17. The van der Waals surface area contributed by atoms with Crippen LogP contribution in [0.3, 0.4) is 0 Å². The highest BCUT2D eigenvalue weighted by molar-refractivity contribution is 5.95. The number of hydrogen-bond acceptors (Lipinski definition) is 4. The molecule has 0 aromatic carbocycles. The van der Waals surface area contributed by atoms with Crippen molar-refractivity contribution in [2.45, 2.75) is 38.6 Å². The fourth-order valence-corrected chi connectivity index (χ4v) is 3.11. The maximum absolute atomic E-state index is 12.5. The third-order valence-electron chi connectivity index (χ3n) is 4.52. The molecule has 1 saturated carbocycles. The van der Waals surface area contributed by atoms with Gasteiger partial charge in [-0.2, -0.15) is 0 Å². The highest BCUT2D eigenvalue weighted by atomic mass is 16.4. The van der Waals surface area contributed by atoms with E-state index in [2.05, 4.69) is 10.3 Å². The SMILES string of the molecule is Cc1nc(-c2ccco2)ccc1C(=O)NC1CCC(C(=O)O)CC1. The molecule has 0 spiro atoms. The predicted molar refractivity (Wildman–Crippen MR) is 87.5 cm³/mol. The van der Waals surface area contributed by atoms with Crippen molar-refractivity contribution in [2.75, 3.05) is 0 Å². The molecule has 1 aliphatic carbocycles. The summed E-state index contributed by atoms with van der Waals surface area (Å²) in [4.78, 5) is 27.9. The van der Waals surface area contributed by atoms with Crippen LogP contribution < -0.4 is 5.32 Å². The van der Waals surface area contributed by atoms with Crippen LogP contribution in [0.2, 0.25) is 0 Å². The van der Waals surface area contributed by atoms with Gasteiger partial charge in [0, 0.05) is 6.04 Å². The van der Waals surface area contributed by atoms with Crippen molar-refractivity contribution in [2.24, 2.45) is 5.92 Å². The van der Waals surface area contributed by atoms with Crippen molar-refractivity contribution >= 4 is 11.9 Å². The third-order valence-corrected chi connectivity index (χ3v) is 4.52. The molecule has 1 fully saturated rings. The molecule has 0 aliphatic heterocycles. The zero-order chi connectivity index (χ0) is 17.1. The van der Waals surface area contributed by atoms with Crippen LogP contribution in [0.1, 0.15) is 41.7 Å². The topological polar surface area (TPSA) is 92.4 Å². The zero-order valence-electron chi connectivity index (χ0n) is 13.5. The monoisotopic (exact) mass is 328 g/mol. The van der Waals surface area contributed by atoms with E-state index in [1.165, 1.54) is 0 Å². The van der Waals surface area contributed by atoms with Crippen LogP contribution in [0.5, 0.6) is 0 Å². The number of nitrogens with zero attached hydrogens (tertiary/aromatic N) is 1. The highest BCUT2D eigenvalue weighted by Gasteiger charge is 2.27. The number of nitrogens with one attached hydrogen (secondary N) is 1. The minimum absolute atomic E-state index is 0.0252. The van der Waals surface area contributed by atoms with Gasteiger partial charge in [0.1, 0.15) is 5.69 Å². The van der Waals surface area contributed by atoms with Gasteiger partial charge in [-0.15, -0.1) is 0 Å². The lowest BCUT2D eigenvalue weighted by Gasteiger charge is -2.27. The average molecular weight is 328 g/mol. The molecule has 0 unspecified atom stereocenters. The number of carbonyl (C=O) groups is 2. The summed E-state index contributed by atoms with van der Waals surface area (Å²) < 4.78 is 5.31. The molecule has 1 aliphatic rings. The number of amides is 1. The molecular weight excluding hydrogens is 308 g/mol. The molecule has 24 heavy (non-hydrogen) atoms. The molecule has 2 aromatic rings. The van der Waals surface area contributed by atoms with Crippen LogP contribution in [-0.4, -0.2) is 28.0 Å². The van der Waals surface area contributed by atoms with Crippen molar-refractivity contribution in [1.82, 2.24) is 10.3 Å². The second kappa shape index (κ2) is 6.86. The number of aryl methyl sites for hydroxylation is 1. The molecule has 2 aromatic heterocycles. The van der Waals surface area contributed by atoms with Crippen molar-refractivity contribution in [1.29, 1.82) is 0 Å². The Morgan fingerprint density at radius 1 is 1.21 bits per heavy atom. The number of furan rings is 1. The normalized spacial score (nSPS) is 20.5. The van der Waals surface area contributed by atoms with E-state index in [9.17, 15) is 9.59 Å². The Morgan fingerprint density at radius 3 is 2.54 bits per heavy atom. The molecule has 2 heterocycles. The maximum atomic E-state index is 12.5. The molecule has 2 N–H and O–H groups in total. The van der Waals surface area contributed by atoms with Crippen molar-refractivity contribution in [3.05, 3.63) is 41.8 Å². The van der Waals surface area contributed by atoms with E-state index in [4.69, 9.17) is 9.52 Å². The van der Waals surface area contributed by atoms with E-state index in [-0.39, 0.29) is 17.9 Å². The van der Waals surface area contributed by atoms with Crippen molar-refractivity contribution < 1.29 is 19.1 Å². The summed E-state index contributed by atoms with van der Waals surface area (Å²) in [6.07, 6.45) is 4.18. The Kier molecular flexibility index (Phi) is 4.64. The summed E-state index contributed by atoms with van der Waals surface area (Å²) in [5, 5.41) is 12.0. The largest absolute Gasteiger partial charge is 0.481 e. The van der Waals surface area contributed by atoms with Crippen LogP contribution in [0.15, 0.2) is 34.9 Å². The Balaban J connectivity index is 1.64. The molecule has 0 atom stereocenters. The minimum atomic E-state index is -0.742. The van der Waals surface area contributed by atoms with Crippen LogP contribution in [0, 0.1) is 12.8 Å². The molecule has 6 nitrogen and oxygen atoms in total. The first-order valence-electron chi connectivity index (χ1n) is 8.10. The molecule has 3 rings (SSSR count). The van der Waals surface area contributed by atoms with E-state index in [1.807, 2.05) is 6.07 Å². The first kappa shape index (κ1) is 16.2. The Bertz CT molecular complexity index is 731. The van der Waals surface area contributed by atoms with E-state index < -0.39 is 5.97 Å². The lowest BCUT2D eigenvalue weighted by Crippen LogP contribution is -2.39. The number of aromatic nitrogens is 1. The van der Waals surface area contributed by atoms with Gasteiger partial charge in [0.05, 0.1) is 23.4 Å².